The van der Waals surface area contributed by atoms with Crippen LogP contribution in [0.4, 0.5) is 15.8 Å². The van der Waals surface area contributed by atoms with Gasteiger partial charge in [0.1, 0.15) is 5.82 Å². The van der Waals surface area contributed by atoms with Crippen molar-refractivity contribution >= 4 is 29.0 Å². The van der Waals surface area contributed by atoms with E-state index in [0.717, 1.165) is 10.5 Å². The number of non-ortho nitro benzene ring substituents is 1. The van der Waals surface area contributed by atoms with Gasteiger partial charge in [-0.3, -0.25) is 14.9 Å². The maximum Gasteiger partial charge on any atom is 0.269 e. The maximum atomic E-state index is 13.6. The number of anilines is 1. The van der Waals surface area contributed by atoms with E-state index in [1.807, 2.05) is 0 Å². The first kappa shape index (κ1) is 16.0. The van der Waals surface area contributed by atoms with Crippen LogP contribution in [0.15, 0.2) is 47.4 Å². The molecule has 0 aliphatic heterocycles. The molecule has 5 nitrogen and oxygen atoms in total. The fourth-order valence-corrected chi connectivity index (χ4v) is 2.42. The molecule has 2 aromatic rings. The summed E-state index contributed by atoms with van der Waals surface area (Å²) >= 11 is 1.22. The fraction of sp³-hybridized carbons (Fsp3) is 0.133. The molecular formula is C15H13FN2O3S. The van der Waals surface area contributed by atoms with Gasteiger partial charge in [0.15, 0.2) is 0 Å². The predicted molar refractivity (Wildman–Crippen MR) is 83.6 cm³/mol. The lowest BCUT2D eigenvalue weighted by molar-refractivity contribution is -0.384. The largest absolute Gasteiger partial charge is 0.323 e. The number of halogens is 1. The minimum Gasteiger partial charge on any atom is -0.323 e. The third-order valence-corrected chi connectivity index (χ3v) is 3.83. The Morgan fingerprint density at radius 2 is 1.95 bits per heavy atom. The number of carbonyl (C=O) groups is 1. The van der Waals surface area contributed by atoms with E-state index < -0.39 is 10.7 Å². The molecule has 1 N–H and O–H groups in total. The summed E-state index contributed by atoms with van der Waals surface area (Å²) < 4.78 is 13.6. The number of hydrogen-bond donors (Lipinski definition) is 1. The minimum atomic E-state index is -0.485. The van der Waals surface area contributed by atoms with Crippen molar-refractivity contribution in [2.24, 2.45) is 0 Å². The zero-order chi connectivity index (χ0) is 16.1. The Balaban J connectivity index is 1.91. The lowest BCUT2D eigenvalue weighted by atomic mass is 10.2. The standard InChI is InChI=1S/C15H13FN2O3S/c1-10-2-7-14(13(16)8-10)17-15(19)9-22-12-5-3-11(4-6-12)18(20)21/h2-8H,9H2,1H3,(H,17,19). The summed E-state index contributed by atoms with van der Waals surface area (Å²) in [4.78, 5) is 22.6. The van der Waals surface area contributed by atoms with Gasteiger partial charge in [-0.25, -0.2) is 4.39 Å². The number of aryl methyl sites for hydroxylation is 1. The van der Waals surface area contributed by atoms with Gasteiger partial charge in [-0.05, 0) is 36.8 Å². The predicted octanol–water partition coefficient (Wildman–Crippen LogP) is 3.77. The molecule has 0 fully saturated rings. The highest BCUT2D eigenvalue weighted by Crippen LogP contribution is 2.22. The van der Waals surface area contributed by atoms with Crippen LogP contribution < -0.4 is 5.32 Å². The molecule has 0 saturated carbocycles. The molecule has 1 amide bonds. The molecule has 0 unspecified atom stereocenters. The SMILES string of the molecule is Cc1ccc(NC(=O)CSc2ccc([N+](=O)[O-])cc2)c(F)c1. The summed E-state index contributed by atoms with van der Waals surface area (Å²) in [6, 6.07) is 10.5. The molecule has 22 heavy (non-hydrogen) atoms. The normalized spacial score (nSPS) is 10.3. The van der Waals surface area contributed by atoms with Gasteiger partial charge in [0.05, 0.1) is 16.4 Å². The summed E-state index contributed by atoms with van der Waals surface area (Å²) in [5.74, 6) is -0.731. The van der Waals surface area contributed by atoms with Crippen molar-refractivity contribution in [2.45, 2.75) is 11.8 Å². The van der Waals surface area contributed by atoms with E-state index in [9.17, 15) is 19.3 Å². The minimum absolute atomic E-state index is 0.00414. The number of thioether (sulfide) groups is 1. The number of carbonyl (C=O) groups excluding carboxylic acids is 1. The summed E-state index contributed by atoms with van der Waals surface area (Å²) in [5.41, 5.74) is 0.909. The first-order chi connectivity index (χ1) is 10.5. The second-order valence-electron chi connectivity index (χ2n) is 4.57. The Labute approximate surface area is 130 Å². The average molecular weight is 320 g/mol. The maximum absolute atomic E-state index is 13.6. The second kappa shape index (κ2) is 7.04. The van der Waals surface area contributed by atoms with Gasteiger partial charge in [0.25, 0.3) is 5.69 Å². The van der Waals surface area contributed by atoms with Gasteiger partial charge in [-0.1, -0.05) is 6.07 Å². The smallest absolute Gasteiger partial charge is 0.269 e. The van der Waals surface area contributed by atoms with Crippen molar-refractivity contribution in [3.05, 3.63) is 64.0 Å². The van der Waals surface area contributed by atoms with Crippen LogP contribution in [0.25, 0.3) is 0 Å². The van der Waals surface area contributed by atoms with Crippen LogP contribution in [0.2, 0.25) is 0 Å². The Hall–Kier alpha value is -2.41. The fourth-order valence-electron chi connectivity index (χ4n) is 1.72. The van der Waals surface area contributed by atoms with Gasteiger partial charge < -0.3 is 5.32 Å². The number of rotatable bonds is 5. The van der Waals surface area contributed by atoms with Crippen LogP contribution in [0.1, 0.15) is 5.56 Å². The Morgan fingerprint density at radius 3 is 2.55 bits per heavy atom. The van der Waals surface area contributed by atoms with E-state index in [1.165, 1.54) is 36.0 Å². The second-order valence-corrected chi connectivity index (χ2v) is 5.62. The molecule has 7 heteroatoms. The Bertz CT molecular complexity index is 704. The van der Waals surface area contributed by atoms with E-state index in [0.29, 0.717) is 0 Å². The number of nitro benzene ring substituents is 1. The molecule has 0 saturated heterocycles. The van der Waals surface area contributed by atoms with E-state index in [1.54, 1.807) is 25.1 Å². The Morgan fingerprint density at radius 1 is 1.27 bits per heavy atom. The van der Waals surface area contributed by atoms with Gasteiger partial charge >= 0.3 is 0 Å². The van der Waals surface area contributed by atoms with Crippen LogP contribution in [0, 0.1) is 22.9 Å². The van der Waals surface area contributed by atoms with Crippen LogP contribution in [0.5, 0.6) is 0 Å². The first-order valence-electron chi connectivity index (χ1n) is 6.39. The highest BCUT2D eigenvalue weighted by molar-refractivity contribution is 8.00. The number of nitro groups is 1. The summed E-state index contributed by atoms with van der Waals surface area (Å²) in [5, 5.41) is 13.0. The van der Waals surface area contributed by atoms with Crippen molar-refractivity contribution in [1.82, 2.24) is 0 Å². The van der Waals surface area contributed by atoms with Crippen LogP contribution in [-0.2, 0) is 4.79 Å². The molecule has 2 rings (SSSR count). The number of nitrogens with zero attached hydrogens (tertiary/aromatic N) is 1. The van der Waals surface area contributed by atoms with Crippen molar-refractivity contribution in [3.63, 3.8) is 0 Å². The van der Waals surface area contributed by atoms with Gasteiger partial charge in [0.2, 0.25) is 5.91 Å². The van der Waals surface area contributed by atoms with Crippen molar-refractivity contribution in [1.29, 1.82) is 0 Å². The first-order valence-corrected chi connectivity index (χ1v) is 7.37. The van der Waals surface area contributed by atoms with Gasteiger partial charge in [-0.2, -0.15) is 0 Å². The molecule has 0 atom stereocenters. The number of hydrogen-bond acceptors (Lipinski definition) is 4. The van der Waals surface area contributed by atoms with Gasteiger partial charge in [0, 0.05) is 17.0 Å². The van der Waals surface area contributed by atoms with Gasteiger partial charge in [-0.15, -0.1) is 11.8 Å². The van der Waals surface area contributed by atoms with Crippen molar-refractivity contribution < 1.29 is 14.1 Å². The van der Waals surface area contributed by atoms with Crippen LogP contribution in [0.3, 0.4) is 0 Å². The third kappa shape index (κ3) is 4.29. The molecule has 0 heterocycles. The molecule has 114 valence electrons. The molecule has 0 spiro atoms. The molecule has 0 aliphatic rings. The summed E-state index contributed by atoms with van der Waals surface area (Å²) in [6.07, 6.45) is 0. The molecule has 0 bridgehead atoms. The molecular weight excluding hydrogens is 307 g/mol. The number of amides is 1. The summed E-state index contributed by atoms with van der Waals surface area (Å²) in [6.45, 7) is 1.76. The quantitative estimate of drug-likeness (QED) is 0.517. The molecule has 0 aliphatic carbocycles. The Kier molecular flexibility index (Phi) is 5.11. The summed E-state index contributed by atoms with van der Waals surface area (Å²) in [7, 11) is 0. The highest BCUT2D eigenvalue weighted by Gasteiger charge is 2.09. The van der Waals surface area contributed by atoms with E-state index in [4.69, 9.17) is 0 Å². The number of nitrogens with one attached hydrogen (secondary N) is 1. The van der Waals surface area contributed by atoms with Crippen molar-refractivity contribution in [2.75, 3.05) is 11.1 Å². The zero-order valence-electron chi connectivity index (χ0n) is 11.7. The van der Waals surface area contributed by atoms with E-state index in [2.05, 4.69) is 5.32 Å². The molecule has 0 radical (unpaired) electrons. The third-order valence-electron chi connectivity index (χ3n) is 2.82. The van der Waals surface area contributed by atoms with Crippen LogP contribution in [-0.4, -0.2) is 16.6 Å². The van der Waals surface area contributed by atoms with E-state index in [-0.39, 0.29) is 23.0 Å². The lowest BCUT2D eigenvalue weighted by Crippen LogP contribution is -2.15. The number of benzene rings is 2. The van der Waals surface area contributed by atoms with E-state index >= 15 is 0 Å². The lowest BCUT2D eigenvalue weighted by Gasteiger charge is -2.07. The molecule has 0 aromatic heterocycles. The van der Waals surface area contributed by atoms with Crippen LogP contribution >= 0.6 is 11.8 Å². The highest BCUT2D eigenvalue weighted by atomic mass is 32.2. The monoisotopic (exact) mass is 320 g/mol. The topological polar surface area (TPSA) is 72.2 Å². The molecule has 2 aromatic carbocycles. The van der Waals surface area contributed by atoms with Crippen molar-refractivity contribution in [3.8, 4) is 0 Å². The zero-order valence-corrected chi connectivity index (χ0v) is 12.5. The average Bonchev–Trinajstić information content (AvgIpc) is 2.48.